The fourth-order valence-corrected chi connectivity index (χ4v) is 2.54. The number of hydrogen-bond acceptors (Lipinski definition) is 5. The summed E-state index contributed by atoms with van der Waals surface area (Å²) in [7, 11) is 0. The summed E-state index contributed by atoms with van der Waals surface area (Å²) in [4.78, 5) is 21.7. The molecule has 1 heterocycles. The van der Waals surface area contributed by atoms with E-state index in [0.717, 1.165) is 29.7 Å². The van der Waals surface area contributed by atoms with Gasteiger partial charge in [-0.2, -0.15) is 0 Å². The van der Waals surface area contributed by atoms with Crippen LogP contribution < -0.4 is 4.74 Å². The van der Waals surface area contributed by atoms with Crippen molar-refractivity contribution < 1.29 is 14.4 Å². The van der Waals surface area contributed by atoms with Gasteiger partial charge in [0, 0.05) is 23.5 Å². The van der Waals surface area contributed by atoms with E-state index in [0.29, 0.717) is 17.9 Å². The van der Waals surface area contributed by atoms with Crippen LogP contribution in [-0.2, 0) is 4.84 Å². The summed E-state index contributed by atoms with van der Waals surface area (Å²) in [6.07, 6.45) is 5.42. The predicted molar refractivity (Wildman–Crippen MR) is 109 cm³/mol. The van der Waals surface area contributed by atoms with Crippen LogP contribution in [0.15, 0.2) is 84.3 Å². The van der Waals surface area contributed by atoms with E-state index in [1.165, 1.54) is 0 Å². The van der Waals surface area contributed by atoms with Gasteiger partial charge in [0.15, 0.2) is 0 Å². The molecule has 3 aromatic rings. The fourth-order valence-electron chi connectivity index (χ4n) is 2.54. The summed E-state index contributed by atoms with van der Waals surface area (Å²) < 4.78 is 5.61. The van der Waals surface area contributed by atoms with Gasteiger partial charge in [-0.25, -0.2) is 4.79 Å². The Labute approximate surface area is 164 Å². The number of aromatic nitrogens is 1. The van der Waals surface area contributed by atoms with E-state index >= 15 is 0 Å². The van der Waals surface area contributed by atoms with Crippen LogP contribution in [0.2, 0.25) is 0 Å². The number of carbonyl (C=O) groups excluding carboxylic acids is 1. The summed E-state index contributed by atoms with van der Waals surface area (Å²) in [5, 5.41) is 4.13. The van der Waals surface area contributed by atoms with Gasteiger partial charge in [-0.15, -0.1) is 0 Å². The van der Waals surface area contributed by atoms with Crippen molar-refractivity contribution in [1.29, 1.82) is 0 Å². The first-order valence-corrected chi connectivity index (χ1v) is 9.26. The minimum absolute atomic E-state index is 0.411. The molecule has 0 aliphatic carbocycles. The van der Waals surface area contributed by atoms with Gasteiger partial charge in [0.2, 0.25) is 0 Å². The quantitative estimate of drug-likeness (QED) is 0.244. The van der Waals surface area contributed by atoms with E-state index in [1.807, 2.05) is 42.5 Å². The van der Waals surface area contributed by atoms with Crippen molar-refractivity contribution in [2.24, 2.45) is 5.16 Å². The van der Waals surface area contributed by atoms with Crippen LogP contribution in [0, 0.1) is 0 Å². The topological polar surface area (TPSA) is 60.8 Å². The number of benzene rings is 2. The molecular formula is C23H22N2O3. The minimum Gasteiger partial charge on any atom is -0.494 e. The lowest BCUT2D eigenvalue weighted by Gasteiger charge is -2.07. The molecule has 5 heteroatoms. The molecule has 0 aliphatic heterocycles. The van der Waals surface area contributed by atoms with Crippen LogP contribution in [0.4, 0.5) is 0 Å². The SMILES string of the molecule is CCCCOc1ccc(C(=O)O/N=C(\c2ccccc2)c2ccncc2)cc1. The van der Waals surface area contributed by atoms with Crippen LogP contribution in [-0.4, -0.2) is 23.3 Å². The number of ether oxygens (including phenoxy) is 1. The van der Waals surface area contributed by atoms with Gasteiger partial charge in [0.1, 0.15) is 11.5 Å². The standard InChI is InChI=1S/C23H22N2O3/c1-2-3-17-27-21-11-9-20(10-12-21)23(26)28-25-22(18-7-5-4-6-8-18)19-13-15-24-16-14-19/h4-16H,2-3,17H2,1H3/b25-22+. The summed E-state index contributed by atoms with van der Waals surface area (Å²) in [6.45, 7) is 2.77. The number of hydrogen-bond donors (Lipinski definition) is 0. The zero-order valence-corrected chi connectivity index (χ0v) is 15.7. The van der Waals surface area contributed by atoms with Crippen molar-refractivity contribution in [1.82, 2.24) is 4.98 Å². The van der Waals surface area contributed by atoms with Gasteiger partial charge >= 0.3 is 5.97 Å². The van der Waals surface area contributed by atoms with Gasteiger partial charge in [0.05, 0.1) is 12.2 Å². The Morgan fingerprint density at radius 2 is 1.57 bits per heavy atom. The summed E-state index contributed by atoms with van der Waals surface area (Å²) >= 11 is 0. The summed E-state index contributed by atoms with van der Waals surface area (Å²) in [5.41, 5.74) is 2.64. The zero-order chi connectivity index (χ0) is 19.6. The molecule has 0 fully saturated rings. The smallest absolute Gasteiger partial charge is 0.365 e. The molecule has 0 amide bonds. The maximum Gasteiger partial charge on any atom is 0.365 e. The lowest BCUT2D eigenvalue weighted by atomic mass is 10.0. The highest BCUT2D eigenvalue weighted by Crippen LogP contribution is 2.15. The number of unbranched alkanes of at least 4 members (excludes halogenated alkanes) is 1. The minimum atomic E-state index is -0.525. The molecule has 0 saturated heterocycles. The van der Waals surface area contributed by atoms with Crippen molar-refractivity contribution in [2.75, 3.05) is 6.61 Å². The van der Waals surface area contributed by atoms with Gasteiger partial charge in [-0.3, -0.25) is 4.98 Å². The molecule has 1 aromatic heterocycles. The van der Waals surface area contributed by atoms with Gasteiger partial charge in [-0.05, 0) is 42.8 Å². The fraction of sp³-hybridized carbons (Fsp3) is 0.174. The Hall–Kier alpha value is -3.47. The third-order valence-electron chi connectivity index (χ3n) is 4.08. The molecule has 0 unspecified atom stereocenters. The second-order valence-electron chi connectivity index (χ2n) is 6.15. The maximum absolute atomic E-state index is 12.4. The molecule has 0 aliphatic rings. The molecule has 0 saturated carbocycles. The van der Waals surface area contributed by atoms with Gasteiger partial charge in [-0.1, -0.05) is 48.8 Å². The first-order chi connectivity index (χ1) is 13.8. The predicted octanol–water partition coefficient (Wildman–Crippen LogP) is 4.87. The zero-order valence-electron chi connectivity index (χ0n) is 15.7. The van der Waals surface area contributed by atoms with Crippen LogP contribution >= 0.6 is 0 Å². The van der Waals surface area contributed by atoms with Crippen molar-refractivity contribution in [2.45, 2.75) is 19.8 Å². The molecule has 2 aromatic carbocycles. The van der Waals surface area contributed by atoms with Crippen molar-refractivity contribution in [3.8, 4) is 5.75 Å². The monoisotopic (exact) mass is 374 g/mol. The van der Waals surface area contributed by atoms with Crippen LogP contribution in [0.5, 0.6) is 5.75 Å². The largest absolute Gasteiger partial charge is 0.494 e. The van der Waals surface area contributed by atoms with Crippen LogP contribution in [0.3, 0.4) is 0 Å². The molecule has 0 spiro atoms. The Balaban J connectivity index is 1.74. The Morgan fingerprint density at radius 1 is 0.893 bits per heavy atom. The van der Waals surface area contributed by atoms with Crippen LogP contribution in [0.1, 0.15) is 41.3 Å². The van der Waals surface area contributed by atoms with Crippen LogP contribution in [0.25, 0.3) is 0 Å². The van der Waals surface area contributed by atoms with E-state index in [1.54, 1.807) is 36.7 Å². The Bertz CT molecular complexity index is 866. The number of carbonyl (C=O) groups is 1. The molecule has 0 N–H and O–H groups in total. The highest BCUT2D eigenvalue weighted by atomic mass is 16.7. The number of pyridine rings is 1. The molecule has 142 valence electrons. The molecule has 0 atom stereocenters. The lowest BCUT2D eigenvalue weighted by Crippen LogP contribution is -2.08. The molecule has 0 radical (unpaired) electrons. The lowest BCUT2D eigenvalue weighted by molar-refractivity contribution is 0.0517. The Morgan fingerprint density at radius 3 is 2.25 bits per heavy atom. The van der Waals surface area contributed by atoms with Crippen molar-refractivity contribution in [3.63, 3.8) is 0 Å². The molecule has 28 heavy (non-hydrogen) atoms. The average molecular weight is 374 g/mol. The van der Waals surface area contributed by atoms with E-state index < -0.39 is 5.97 Å². The summed E-state index contributed by atoms with van der Waals surface area (Å²) in [5.74, 6) is 0.206. The van der Waals surface area contributed by atoms with E-state index in [2.05, 4.69) is 17.1 Å². The molecule has 3 rings (SSSR count). The highest BCUT2D eigenvalue weighted by molar-refractivity contribution is 6.12. The maximum atomic E-state index is 12.4. The average Bonchev–Trinajstić information content (AvgIpc) is 2.76. The van der Waals surface area contributed by atoms with Gasteiger partial charge < -0.3 is 9.57 Å². The number of rotatable bonds is 8. The molecule has 0 bridgehead atoms. The highest BCUT2D eigenvalue weighted by Gasteiger charge is 2.11. The Kier molecular flexibility index (Phi) is 6.90. The first-order valence-electron chi connectivity index (χ1n) is 9.26. The number of oxime groups is 1. The second kappa shape index (κ2) is 10.0. The van der Waals surface area contributed by atoms with Gasteiger partial charge in [0.25, 0.3) is 0 Å². The normalized spacial score (nSPS) is 11.1. The van der Waals surface area contributed by atoms with E-state index in [9.17, 15) is 4.79 Å². The van der Waals surface area contributed by atoms with E-state index in [-0.39, 0.29) is 0 Å². The third-order valence-corrected chi connectivity index (χ3v) is 4.08. The first kappa shape index (κ1) is 19.3. The number of nitrogens with zero attached hydrogens (tertiary/aromatic N) is 2. The summed E-state index contributed by atoms with van der Waals surface area (Å²) in [6, 6.07) is 20.1. The second-order valence-corrected chi connectivity index (χ2v) is 6.15. The van der Waals surface area contributed by atoms with Crippen molar-refractivity contribution in [3.05, 3.63) is 95.8 Å². The third kappa shape index (κ3) is 5.27. The molecular weight excluding hydrogens is 352 g/mol. The van der Waals surface area contributed by atoms with E-state index in [4.69, 9.17) is 9.57 Å². The van der Waals surface area contributed by atoms with Crippen molar-refractivity contribution >= 4 is 11.7 Å². The molecule has 5 nitrogen and oxygen atoms in total.